The molecule has 1 fully saturated rings. The van der Waals surface area contributed by atoms with Gasteiger partial charge in [0.15, 0.2) is 0 Å². The molecule has 0 aromatic carbocycles. The number of ether oxygens (including phenoxy) is 1. The van der Waals surface area contributed by atoms with E-state index in [2.05, 4.69) is 0 Å². The lowest BCUT2D eigenvalue weighted by atomic mass is 10.4. The van der Waals surface area contributed by atoms with Gasteiger partial charge < -0.3 is 15.0 Å². The molecule has 0 unspecified atom stereocenters. The van der Waals surface area contributed by atoms with E-state index in [1.54, 1.807) is 12.3 Å². The van der Waals surface area contributed by atoms with Crippen LogP contribution in [0.2, 0.25) is 0 Å². The van der Waals surface area contributed by atoms with Crippen molar-refractivity contribution in [2.45, 2.75) is 31.3 Å². The van der Waals surface area contributed by atoms with E-state index in [0.717, 1.165) is 12.1 Å². The highest BCUT2D eigenvalue weighted by Gasteiger charge is 2.26. The van der Waals surface area contributed by atoms with Crippen LogP contribution in [0.25, 0.3) is 0 Å². The SMILES string of the molecule is CCn1cc(S(=O)(=O)N2CCCOCC2)cc1CN. The Labute approximate surface area is 114 Å². The Morgan fingerprint density at radius 2 is 2.16 bits per heavy atom. The fourth-order valence-corrected chi connectivity index (χ4v) is 3.77. The topological polar surface area (TPSA) is 77.6 Å². The first-order chi connectivity index (χ1) is 9.09. The van der Waals surface area contributed by atoms with Crippen molar-refractivity contribution in [2.24, 2.45) is 5.73 Å². The zero-order valence-electron chi connectivity index (χ0n) is 11.2. The molecule has 1 aromatic heterocycles. The van der Waals surface area contributed by atoms with Crippen molar-refractivity contribution in [3.63, 3.8) is 0 Å². The summed E-state index contributed by atoms with van der Waals surface area (Å²) in [4.78, 5) is 0.330. The van der Waals surface area contributed by atoms with Crippen LogP contribution in [0.1, 0.15) is 19.0 Å². The predicted molar refractivity (Wildman–Crippen MR) is 72.2 cm³/mol. The second-order valence-electron chi connectivity index (χ2n) is 4.53. The largest absolute Gasteiger partial charge is 0.380 e. The van der Waals surface area contributed by atoms with Gasteiger partial charge in [0.25, 0.3) is 0 Å². The van der Waals surface area contributed by atoms with Crippen molar-refractivity contribution >= 4 is 10.0 Å². The summed E-state index contributed by atoms with van der Waals surface area (Å²) in [6, 6.07) is 1.67. The summed E-state index contributed by atoms with van der Waals surface area (Å²) >= 11 is 0. The summed E-state index contributed by atoms with van der Waals surface area (Å²) < 4.78 is 33.8. The fourth-order valence-electron chi connectivity index (χ4n) is 2.25. The first-order valence-electron chi connectivity index (χ1n) is 6.56. The van der Waals surface area contributed by atoms with Crippen LogP contribution in [-0.4, -0.2) is 43.6 Å². The third-order valence-corrected chi connectivity index (χ3v) is 5.19. The highest BCUT2D eigenvalue weighted by atomic mass is 32.2. The Bertz CT molecular complexity index is 495. The zero-order chi connectivity index (χ0) is 13.9. The molecule has 1 saturated heterocycles. The lowest BCUT2D eigenvalue weighted by Gasteiger charge is -2.18. The maximum Gasteiger partial charge on any atom is 0.244 e. The van der Waals surface area contributed by atoms with E-state index in [9.17, 15) is 8.42 Å². The molecule has 1 aliphatic rings. The van der Waals surface area contributed by atoms with E-state index in [1.807, 2.05) is 11.5 Å². The molecule has 1 aliphatic heterocycles. The number of rotatable bonds is 4. The average Bonchev–Trinajstić information content (AvgIpc) is 2.63. The summed E-state index contributed by atoms with van der Waals surface area (Å²) in [5.74, 6) is 0. The fraction of sp³-hybridized carbons (Fsp3) is 0.667. The normalized spacial score (nSPS) is 18.4. The van der Waals surface area contributed by atoms with Gasteiger partial charge in [-0.25, -0.2) is 8.42 Å². The van der Waals surface area contributed by atoms with Crippen LogP contribution in [0.4, 0.5) is 0 Å². The molecule has 1 aromatic rings. The molecule has 0 saturated carbocycles. The molecule has 7 heteroatoms. The second-order valence-corrected chi connectivity index (χ2v) is 6.47. The van der Waals surface area contributed by atoms with Gasteiger partial charge in [-0.2, -0.15) is 4.31 Å². The van der Waals surface area contributed by atoms with E-state index in [4.69, 9.17) is 10.5 Å². The van der Waals surface area contributed by atoms with Crippen molar-refractivity contribution in [1.29, 1.82) is 0 Å². The molecule has 108 valence electrons. The first kappa shape index (κ1) is 14.5. The van der Waals surface area contributed by atoms with Crippen LogP contribution in [0, 0.1) is 0 Å². The summed E-state index contributed by atoms with van der Waals surface area (Å²) in [5.41, 5.74) is 6.48. The van der Waals surface area contributed by atoms with Crippen molar-refractivity contribution < 1.29 is 13.2 Å². The monoisotopic (exact) mass is 287 g/mol. The van der Waals surface area contributed by atoms with Gasteiger partial charge in [-0.1, -0.05) is 0 Å². The van der Waals surface area contributed by atoms with Crippen molar-refractivity contribution in [1.82, 2.24) is 8.87 Å². The Morgan fingerprint density at radius 3 is 2.79 bits per heavy atom. The molecule has 2 heterocycles. The van der Waals surface area contributed by atoms with Crippen LogP contribution in [0.3, 0.4) is 0 Å². The number of aryl methyl sites for hydroxylation is 1. The molecule has 0 atom stereocenters. The summed E-state index contributed by atoms with van der Waals surface area (Å²) in [5, 5.41) is 0. The number of sulfonamides is 1. The molecule has 0 amide bonds. The molecule has 0 spiro atoms. The summed E-state index contributed by atoms with van der Waals surface area (Å²) in [7, 11) is -3.43. The third kappa shape index (κ3) is 3.00. The smallest absolute Gasteiger partial charge is 0.244 e. The van der Waals surface area contributed by atoms with Gasteiger partial charge in [-0.05, 0) is 19.4 Å². The van der Waals surface area contributed by atoms with Gasteiger partial charge in [-0.15, -0.1) is 0 Å². The highest BCUT2D eigenvalue weighted by Crippen LogP contribution is 2.20. The number of nitrogens with zero attached hydrogens (tertiary/aromatic N) is 2. The van der Waals surface area contributed by atoms with Gasteiger partial charge in [0, 0.05) is 44.7 Å². The van der Waals surface area contributed by atoms with E-state index in [0.29, 0.717) is 44.3 Å². The lowest BCUT2D eigenvalue weighted by molar-refractivity contribution is 0.148. The number of hydrogen-bond donors (Lipinski definition) is 1. The Balaban J connectivity index is 2.30. The van der Waals surface area contributed by atoms with Crippen LogP contribution in [0.5, 0.6) is 0 Å². The molecule has 2 N–H and O–H groups in total. The van der Waals surface area contributed by atoms with Crippen molar-refractivity contribution in [3.05, 3.63) is 18.0 Å². The minimum absolute atomic E-state index is 0.330. The molecular weight excluding hydrogens is 266 g/mol. The maximum absolute atomic E-state index is 12.6. The molecule has 6 nitrogen and oxygen atoms in total. The van der Waals surface area contributed by atoms with E-state index in [1.165, 1.54) is 4.31 Å². The lowest BCUT2D eigenvalue weighted by Crippen LogP contribution is -2.33. The number of hydrogen-bond acceptors (Lipinski definition) is 4. The van der Waals surface area contributed by atoms with Gasteiger partial charge in [-0.3, -0.25) is 0 Å². The van der Waals surface area contributed by atoms with Crippen LogP contribution >= 0.6 is 0 Å². The van der Waals surface area contributed by atoms with Crippen LogP contribution < -0.4 is 5.73 Å². The molecule has 19 heavy (non-hydrogen) atoms. The van der Waals surface area contributed by atoms with Gasteiger partial charge >= 0.3 is 0 Å². The maximum atomic E-state index is 12.6. The quantitative estimate of drug-likeness (QED) is 0.868. The van der Waals surface area contributed by atoms with E-state index in [-0.39, 0.29) is 0 Å². The number of aromatic nitrogens is 1. The molecule has 0 aliphatic carbocycles. The first-order valence-corrected chi connectivity index (χ1v) is 8.00. The number of nitrogens with two attached hydrogens (primary N) is 1. The van der Waals surface area contributed by atoms with Crippen molar-refractivity contribution in [2.75, 3.05) is 26.3 Å². The predicted octanol–water partition coefficient (Wildman–Crippen LogP) is 0.378. The van der Waals surface area contributed by atoms with Crippen molar-refractivity contribution in [3.8, 4) is 0 Å². The molecule has 0 bridgehead atoms. The third-order valence-electron chi connectivity index (χ3n) is 3.33. The van der Waals surface area contributed by atoms with Crippen LogP contribution in [-0.2, 0) is 27.8 Å². The average molecular weight is 287 g/mol. The Kier molecular flexibility index (Phi) is 4.62. The Hall–Kier alpha value is -0.890. The summed E-state index contributed by atoms with van der Waals surface area (Å²) in [6.45, 7) is 5.02. The molecule has 2 rings (SSSR count). The standard InChI is InChI=1S/C12H21N3O3S/c1-2-14-10-12(8-11(14)9-13)19(16,17)15-4-3-6-18-7-5-15/h8,10H,2-7,9,13H2,1H3. The van der Waals surface area contributed by atoms with Gasteiger partial charge in [0.1, 0.15) is 4.90 Å². The highest BCUT2D eigenvalue weighted by molar-refractivity contribution is 7.89. The minimum atomic E-state index is -3.43. The summed E-state index contributed by atoms with van der Waals surface area (Å²) in [6.07, 6.45) is 2.40. The zero-order valence-corrected chi connectivity index (χ0v) is 12.0. The molecule has 0 radical (unpaired) electrons. The van der Waals surface area contributed by atoms with Crippen LogP contribution in [0.15, 0.2) is 17.2 Å². The van der Waals surface area contributed by atoms with E-state index >= 15 is 0 Å². The van der Waals surface area contributed by atoms with Gasteiger partial charge in [0.05, 0.1) is 6.61 Å². The second kappa shape index (κ2) is 6.04. The minimum Gasteiger partial charge on any atom is -0.380 e. The Morgan fingerprint density at radius 1 is 1.37 bits per heavy atom. The van der Waals surface area contributed by atoms with E-state index < -0.39 is 10.0 Å². The molecular formula is C12H21N3O3S. The van der Waals surface area contributed by atoms with Gasteiger partial charge in [0.2, 0.25) is 10.0 Å².